The van der Waals surface area contributed by atoms with E-state index in [0.29, 0.717) is 10.8 Å². The Hall–Kier alpha value is -1.24. The van der Waals surface area contributed by atoms with Gasteiger partial charge in [-0.2, -0.15) is 13.2 Å². The summed E-state index contributed by atoms with van der Waals surface area (Å²) < 4.78 is 44.6. The molecule has 0 aliphatic heterocycles. The summed E-state index contributed by atoms with van der Waals surface area (Å²) in [5.41, 5.74) is 4.57. The van der Waals surface area contributed by atoms with Gasteiger partial charge in [0.1, 0.15) is 11.5 Å². The Balaban J connectivity index is 2.36. The van der Waals surface area contributed by atoms with Crippen LogP contribution in [0, 0.1) is 0 Å². The molecule has 0 unspecified atom stereocenters. The zero-order chi connectivity index (χ0) is 15.6. The van der Waals surface area contributed by atoms with E-state index in [2.05, 4.69) is 15.9 Å². The van der Waals surface area contributed by atoms with Crippen LogP contribution in [-0.4, -0.2) is 0 Å². The number of nitrogens with two attached hydrogens (primary N) is 1. The van der Waals surface area contributed by atoms with E-state index in [1.54, 1.807) is 18.2 Å². The largest absolute Gasteiger partial charge is 0.456 e. The lowest BCUT2D eigenvalue weighted by molar-refractivity contribution is -0.138. The lowest BCUT2D eigenvalue weighted by atomic mass is 10.1. The summed E-state index contributed by atoms with van der Waals surface area (Å²) in [6.07, 6.45) is -4.44. The fraction of sp³-hybridized carbons (Fsp3) is 0.143. The monoisotopic (exact) mass is 379 g/mol. The molecule has 21 heavy (non-hydrogen) atoms. The topological polar surface area (TPSA) is 35.2 Å². The molecule has 0 atom stereocenters. The molecule has 2 aromatic rings. The lowest BCUT2D eigenvalue weighted by Crippen LogP contribution is -2.11. The van der Waals surface area contributed by atoms with Crippen LogP contribution in [0.4, 0.5) is 13.2 Å². The van der Waals surface area contributed by atoms with E-state index in [1.807, 2.05) is 0 Å². The maximum absolute atomic E-state index is 12.8. The predicted octanol–water partition coefficient (Wildman–Crippen LogP) is 5.37. The molecule has 0 radical (unpaired) electrons. The second kappa shape index (κ2) is 6.25. The van der Waals surface area contributed by atoms with Crippen molar-refractivity contribution < 1.29 is 17.9 Å². The van der Waals surface area contributed by atoms with E-state index >= 15 is 0 Å². The van der Waals surface area contributed by atoms with Gasteiger partial charge in [0.25, 0.3) is 0 Å². The molecule has 2 N–H and O–H groups in total. The van der Waals surface area contributed by atoms with Crippen LogP contribution in [0.2, 0.25) is 5.02 Å². The van der Waals surface area contributed by atoms with E-state index in [-0.39, 0.29) is 17.9 Å². The first-order chi connectivity index (χ1) is 9.81. The minimum absolute atomic E-state index is 0.0360. The van der Waals surface area contributed by atoms with E-state index in [1.165, 1.54) is 12.1 Å². The van der Waals surface area contributed by atoms with Crippen molar-refractivity contribution in [3.05, 3.63) is 57.0 Å². The van der Waals surface area contributed by atoms with Gasteiger partial charge in [-0.05, 0) is 42.0 Å². The average Bonchev–Trinajstić information content (AvgIpc) is 2.41. The number of alkyl halides is 3. The highest BCUT2D eigenvalue weighted by Gasteiger charge is 2.33. The van der Waals surface area contributed by atoms with Gasteiger partial charge in [-0.15, -0.1) is 0 Å². The molecule has 2 aromatic carbocycles. The average molecular weight is 381 g/mol. The molecule has 2 rings (SSSR count). The molecule has 0 aromatic heterocycles. The van der Waals surface area contributed by atoms with Gasteiger partial charge in [0.05, 0.1) is 10.6 Å². The van der Waals surface area contributed by atoms with Crippen molar-refractivity contribution in [2.45, 2.75) is 12.7 Å². The number of ether oxygens (including phenoxy) is 1. The van der Waals surface area contributed by atoms with Gasteiger partial charge in [-0.3, -0.25) is 0 Å². The van der Waals surface area contributed by atoms with Gasteiger partial charge in [0.15, 0.2) is 0 Å². The first kappa shape index (κ1) is 16.1. The Morgan fingerprint density at radius 2 is 1.86 bits per heavy atom. The van der Waals surface area contributed by atoms with Crippen LogP contribution in [0.5, 0.6) is 11.5 Å². The molecule has 0 saturated heterocycles. The van der Waals surface area contributed by atoms with Crippen molar-refractivity contribution in [1.29, 1.82) is 0 Å². The van der Waals surface area contributed by atoms with Gasteiger partial charge < -0.3 is 10.5 Å². The van der Waals surface area contributed by atoms with Crippen LogP contribution < -0.4 is 10.5 Å². The van der Waals surface area contributed by atoms with E-state index in [9.17, 15) is 13.2 Å². The summed E-state index contributed by atoms with van der Waals surface area (Å²) in [7, 11) is 0. The highest BCUT2D eigenvalue weighted by atomic mass is 79.9. The van der Waals surface area contributed by atoms with Crippen molar-refractivity contribution >= 4 is 27.5 Å². The number of halogens is 5. The van der Waals surface area contributed by atoms with Crippen molar-refractivity contribution in [1.82, 2.24) is 0 Å². The smallest absolute Gasteiger partial charge is 0.416 e. The molecule has 0 amide bonds. The third kappa shape index (κ3) is 3.90. The predicted molar refractivity (Wildman–Crippen MR) is 78.6 cm³/mol. The first-order valence-corrected chi connectivity index (χ1v) is 7.01. The molecule has 112 valence electrons. The molecule has 0 aliphatic rings. The van der Waals surface area contributed by atoms with E-state index in [4.69, 9.17) is 22.1 Å². The second-order valence-electron chi connectivity index (χ2n) is 4.20. The number of rotatable bonds is 3. The number of hydrogen-bond donors (Lipinski definition) is 1. The highest BCUT2D eigenvalue weighted by Crippen LogP contribution is 2.36. The summed E-state index contributed by atoms with van der Waals surface area (Å²) >= 11 is 9.24. The Morgan fingerprint density at radius 3 is 2.48 bits per heavy atom. The van der Waals surface area contributed by atoms with Crippen LogP contribution in [0.25, 0.3) is 0 Å². The molecule has 0 bridgehead atoms. The number of hydrogen-bond acceptors (Lipinski definition) is 2. The molecule has 0 aliphatic carbocycles. The van der Waals surface area contributed by atoms with E-state index < -0.39 is 11.7 Å². The summed E-state index contributed by atoms with van der Waals surface area (Å²) in [4.78, 5) is 0. The van der Waals surface area contributed by atoms with Crippen LogP contribution in [0.3, 0.4) is 0 Å². The quantitative estimate of drug-likeness (QED) is 0.777. The molecule has 0 spiro atoms. The summed E-state index contributed by atoms with van der Waals surface area (Å²) in [6.45, 7) is -0.238. The molecular formula is C14H10BrClF3NO. The zero-order valence-electron chi connectivity index (χ0n) is 10.5. The number of benzene rings is 2. The molecule has 0 fully saturated rings. The highest BCUT2D eigenvalue weighted by molar-refractivity contribution is 9.10. The van der Waals surface area contributed by atoms with Crippen molar-refractivity contribution in [2.75, 3.05) is 0 Å². The maximum Gasteiger partial charge on any atom is 0.416 e. The maximum atomic E-state index is 12.8. The Bertz CT molecular complexity index is 661. The first-order valence-electron chi connectivity index (χ1n) is 5.84. The standard InChI is InChI=1S/C14H10BrClF3NO/c15-9-1-4-12(16)13(6-9)21-10-2-3-11(14(17,18)19)8(5-10)7-20/h1-6H,7,20H2. The summed E-state index contributed by atoms with van der Waals surface area (Å²) in [6, 6.07) is 8.42. The van der Waals surface area contributed by atoms with E-state index in [0.717, 1.165) is 10.5 Å². The zero-order valence-corrected chi connectivity index (χ0v) is 12.9. The molecular weight excluding hydrogens is 371 g/mol. The van der Waals surface area contributed by atoms with Gasteiger partial charge in [-0.1, -0.05) is 27.5 Å². The Morgan fingerprint density at radius 1 is 1.14 bits per heavy atom. The van der Waals surface area contributed by atoms with Crippen LogP contribution >= 0.6 is 27.5 Å². The summed E-state index contributed by atoms with van der Waals surface area (Å²) in [5.74, 6) is 0.581. The molecule has 0 heterocycles. The molecule has 7 heteroatoms. The minimum Gasteiger partial charge on any atom is -0.456 e. The van der Waals surface area contributed by atoms with Crippen molar-refractivity contribution in [3.63, 3.8) is 0 Å². The van der Waals surface area contributed by atoms with Gasteiger partial charge >= 0.3 is 6.18 Å². The van der Waals surface area contributed by atoms with Gasteiger partial charge in [0, 0.05) is 11.0 Å². The SMILES string of the molecule is NCc1cc(Oc2cc(Br)ccc2Cl)ccc1C(F)(F)F. The lowest BCUT2D eigenvalue weighted by Gasteiger charge is -2.14. The Kier molecular flexibility index (Phi) is 4.81. The van der Waals surface area contributed by atoms with Gasteiger partial charge in [0.2, 0.25) is 0 Å². The van der Waals surface area contributed by atoms with Crippen LogP contribution in [-0.2, 0) is 12.7 Å². The Labute approximate surface area is 132 Å². The van der Waals surface area contributed by atoms with Gasteiger partial charge in [-0.25, -0.2) is 0 Å². The fourth-order valence-electron chi connectivity index (χ4n) is 1.76. The van der Waals surface area contributed by atoms with Crippen LogP contribution in [0.15, 0.2) is 40.9 Å². The summed E-state index contributed by atoms with van der Waals surface area (Å²) in [5, 5.41) is 0.354. The van der Waals surface area contributed by atoms with Crippen LogP contribution in [0.1, 0.15) is 11.1 Å². The van der Waals surface area contributed by atoms with Crippen molar-refractivity contribution in [3.8, 4) is 11.5 Å². The molecule has 0 saturated carbocycles. The minimum atomic E-state index is -4.44. The van der Waals surface area contributed by atoms with Crippen molar-refractivity contribution in [2.24, 2.45) is 5.73 Å². The third-order valence-corrected chi connectivity index (χ3v) is 3.53. The molecule has 2 nitrogen and oxygen atoms in total. The normalized spacial score (nSPS) is 11.5. The third-order valence-electron chi connectivity index (χ3n) is 2.72. The second-order valence-corrected chi connectivity index (χ2v) is 5.52. The fourth-order valence-corrected chi connectivity index (χ4v) is 2.26.